The van der Waals surface area contributed by atoms with Crippen LogP contribution in [0, 0.1) is 17.3 Å². The van der Waals surface area contributed by atoms with Gasteiger partial charge in [-0.2, -0.15) is 11.8 Å². The standard InChI is InChI=1S/C27H54OS2/c1-8-10-11-12-13-14-15-16-17-18-20-29-23-30-27(6,7)25(22-28)21-26(4,5)24(3)19-9-2/h22,24-25H,8-21,23H2,1-7H3. The molecule has 0 aliphatic carbocycles. The predicted octanol–water partition coefficient (Wildman–Crippen LogP) is 9.78. The zero-order valence-corrected chi connectivity index (χ0v) is 23.2. The molecule has 0 spiro atoms. The first-order chi connectivity index (χ1) is 14.2. The molecular weight excluding hydrogens is 404 g/mol. The van der Waals surface area contributed by atoms with Gasteiger partial charge in [0.1, 0.15) is 6.29 Å². The van der Waals surface area contributed by atoms with Gasteiger partial charge in [0.15, 0.2) is 0 Å². The molecule has 0 saturated heterocycles. The molecule has 0 rings (SSSR count). The minimum Gasteiger partial charge on any atom is -0.303 e. The van der Waals surface area contributed by atoms with Gasteiger partial charge >= 0.3 is 0 Å². The topological polar surface area (TPSA) is 17.1 Å². The third kappa shape index (κ3) is 14.4. The zero-order valence-electron chi connectivity index (χ0n) is 21.6. The Kier molecular flexibility index (Phi) is 18.1. The normalized spacial score (nSPS) is 14.6. The second-order valence-corrected chi connectivity index (χ2v) is 13.7. The predicted molar refractivity (Wildman–Crippen MR) is 143 cm³/mol. The van der Waals surface area contributed by atoms with E-state index in [1.165, 1.54) is 89.1 Å². The molecule has 30 heavy (non-hydrogen) atoms. The molecule has 0 aromatic rings. The smallest absolute Gasteiger partial charge is 0.124 e. The van der Waals surface area contributed by atoms with Gasteiger partial charge in [0, 0.05) is 15.7 Å². The first-order valence-electron chi connectivity index (χ1n) is 12.9. The fraction of sp³-hybridized carbons (Fsp3) is 0.963. The van der Waals surface area contributed by atoms with Crippen LogP contribution in [0.4, 0.5) is 0 Å². The van der Waals surface area contributed by atoms with Crippen molar-refractivity contribution in [3.8, 4) is 0 Å². The van der Waals surface area contributed by atoms with Crippen molar-refractivity contribution in [1.29, 1.82) is 0 Å². The van der Waals surface area contributed by atoms with E-state index in [9.17, 15) is 4.79 Å². The molecule has 180 valence electrons. The molecule has 0 radical (unpaired) electrons. The fourth-order valence-electron chi connectivity index (χ4n) is 4.10. The van der Waals surface area contributed by atoms with Crippen LogP contribution in [0.2, 0.25) is 0 Å². The Bertz CT molecular complexity index is 406. The highest BCUT2D eigenvalue weighted by Crippen LogP contribution is 2.43. The molecule has 2 atom stereocenters. The van der Waals surface area contributed by atoms with Gasteiger partial charge in [-0.1, -0.05) is 105 Å². The minimum absolute atomic E-state index is 0.0235. The quantitative estimate of drug-likeness (QED) is 0.0967. The maximum absolute atomic E-state index is 11.9. The highest BCUT2D eigenvalue weighted by molar-refractivity contribution is 8.16. The molecule has 0 fully saturated rings. The van der Waals surface area contributed by atoms with Gasteiger partial charge in [-0.3, -0.25) is 0 Å². The number of carbonyl (C=O) groups is 1. The van der Waals surface area contributed by atoms with Crippen LogP contribution in [0.15, 0.2) is 0 Å². The Balaban J connectivity index is 3.95. The van der Waals surface area contributed by atoms with Crippen molar-refractivity contribution < 1.29 is 4.79 Å². The molecule has 0 saturated carbocycles. The molecule has 2 unspecified atom stereocenters. The van der Waals surface area contributed by atoms with Crippen molar-refractivity contribution in [2.75, 3.05) is 10.8 Å². The monoisotopic (exact) mass is 458 g/mol. The molecular formula is C27H54OS2. The summed E-state index contributed by atoms with van der Waals surface area (Å²) in [5.41, 5.74) is 0.225. The lowest BCUT2D eigenvalue weighted by atomic mass is 9.70. The summed E-state index contributed by atoms with van der Waals surface area (Å²) >= 11 is 4.06. The van der Waals surface area contributed by atoms with E-state index in [0.29, 0.717) is 5.92 Å². The van der Waals surface area contributed by atoms with Crippen LogP contribution >= 0.6 is 23.5 Å². The molecule has 0 aliphatic rings. The summed E-state index contributed by atoms with van der Waals surface area (Å²) < 4.78 is 0.0235. The van der Waals surface area contributed by atoms with Crippen LogP contribution in [0.1, 0.15) is 132 Å². The van der Waals surface area contributed by atoms with Crippen molar-refractivity contribution in [2.45, 2.75) is 137 Å². The Morgan fingerprint density at radius 1 is 0.800 bits per heavy atom. The second kappa shape index (κ2) is 17.9. The number of rotatable bonds is 21. The van der Waals surface area contributed by atoms with Crippen LogP contribution in [0.3, 0.4) is 0 Å². The molecule has 0 aliphatic heterocycles. The van der Waals surface area contributed by atoms with E-state index in [0.717, 1.165) is 11.5 Å². The van der Waals surface area contributed by atoms with E-state index in [4.69, 9.17) is 0 Å². The van der Waals surface area contributed by atoms with Crippen LogP contribution in [-0.4, -0.2) is 21.9 Å². The van der Waals surface area contributed by atoms with E-state index in [-0.39, 0.29) is 16.1 Å². The molecule has 0 N–H and O–H groups in total. The van der Waals surface area contributed by atoms with Gasteiger partial charge in [-0.15, -0.1) is 11.8 Å². The van der Waals surface area contributed by atoms with Gasteiger partial charge in [-0.05, 0) is 43.8 Å². The molecule has 0 aromatic carbocycles. The summed E-state index contributed by atoms with van der Waals surface area (Å²) in [6.07, 6.45) is 18.8. The van der Waals surface area contributed by atoms with Crippen LogP contribution in [-0.2, 0) is 4.79 Å². The highest BCUT2D eigenvalue weighted by Gasteiger charge is 2.36. The number of hydrogen-bond donors (Lipinski definition) is 0. The van der Waals surface area contributed by atoms with E-state index >= 15 is 0 Å². The van der Waals surface area contributed by atoms with Gasteiger partial charge in [0.25, 0.3) is 0 Å². The maximum Gasteiger partial charge on any atom is 0.124 e. The third-order valence-electron chi connectivity index (χ3n) is 7.02. The summed E-state index contributed by atoms with van der Waals surface area (Å²) in [6, 6.07) is 0. The Morgan fingerprint density at radius 2 is 1.33 bits per heavy atom. The number of carbonyl (C=O) groups excluding carboxylic acids is 1. The van der Waals surface area contributed by atoms with Gasteiger partial charge in [0.2, 0.25) is 0 Å². The number of unbranched alkanes of at least 4 members (excludes halogenated alkanes) is 9. The molecule has 0 amide bonds. The number of hydrogen-bond acceptors (Lipinski definition) is 3. The summed E-state index contributed by atoms with van der Waals surface area (Å²) in [5.74, 6) is 2.07. The zero-order chi connectivity index (χ0) is 22.9. The summed E-state index contributed by atoms with van der Waals surface area (Å²) in [4.78, 5) is 11.9. The minimum atomic E-state index is 0.0235. The average molecular weight is 459 g/mol. The molecule has 3 heteroatoms. The van der Waals surface area contributed by atoms with E-state index in [1.807, 2.05) is 11.8 Å². The largest absolute Gasteiger partial charge is 0.303 e. The van der Waals surface area contributed by atoms with Crippen LogP contribution in [0.5, 0.6) is 0 Å². The van der Waals surface area contributed by atoms with Gasteiger partial charge in [0.05, 0.1) is 0 Å². The fourth-order valence-corrected chi connectivity index (χ4v) is 6.88. The first kappa shape index (κ1) is 30.4. The number of thioether (sulfide) groups is 2. The summed E-state index contributed by atoms with van der Waals surface area (Å²) in [7, 11) is 0. The van der Waals surface area contributed by atoms with Crippen molar-refractivity contribution in [3.05, 3.63) is 0 Å². The third-order valence-corrected chi connectivity index (χ3v) is 9.78. The van der Waals surface area contributed by atoms with Gasteiger partial charge < -0.3 is 4.79 Å². The lowest BCUT2D eigenvalue weighted by Crippen LogP contribution is -2.35. The Labute approximate surface area is 199 Å². The van der Waals surface area contributed by atoms with Crippen molar-refractivity contribution >= 4 is 29.8 Å². The van der Waals surface area contributed by atoms with Crippen molar-refractivity contribution in [2.24, 2.45) is 17.3 Å². The Morgan fingerprint density at radius 3 is 1.83 bits per heavy atom. The van der Waals surface area contributed by atoms with E-state index in [2.05, 4.69) is 60.2 Å². The summed E-state index contributed by atoms with van der Waals surface area (Å²) in [6.45, 7) is 16.2. The summed E-state index contributed by atoms with van der Waals surface area (Å²) in [5, 5.41) is 1.11. The second-order valence-electron chi connectivity index (χ2n) is 10.6. The number of aldehydes is 1. The van der Waals surface area contributed by atoms with Crippen molar-refractivity contribution in [3.63, 3.8) is 0 Å². The average Bonchev–Trinajstić information content (AvgIpc) is 2.69. The molecule has 1 nitrogen and oxygen atoms in total. The van der Waals surface area contributed by atoms with Gasteiger partial charge in [-0.25, -0.2) is 0 Å². The molecule has 0 heterocycles. The molecule has 0 bridgehead atoms. The SMILES string of the molecule is CCCCCCCCCCCCSCSC(C)(C)C(C=O)CC(C)(C)C(C)CCC. The first-order valence-corrected chi connectivity index (χ1v) is 15.0. The maximum atomic E-state index is 11.9. The van der Waals surface area contributed by atoms with Crippen LogP contribution in [0.25, 0.3) is 0 Å². The lowest BCUT2D eigenvalue weighted by Gasteiger charge is -2.39. The van der Waals surface area contributed by atoms with E-state index < -0.39 is 0 Å². The molecule has 0 aromatic heterocycles. The van der Waals surface area contributed by atoms with Crippen molar-refractivity contribution in [1.82, 2.24) is 0 Å². The highest BCUT2D eigenvalue weighted by atomic mass is 32.2. The lowest BCUT2D eigenvalue weighted by molar-refractivity contribution is -0.113. The Hall–Kier alpha value is 0.370. The van der Waals surface area contributed by atoms with Crippen LogP contribution < -0.4 is 0 Å². The van der Waals surface area contributed by atoms with E-state index in [1.54, 1.807) is 0 Å².